The summed E-state index contributed by atoms with van der Waals surface area (Å²) in [6.07, 6.45) is 0.987. The SMILES string of the molecule is CC(C)CCN(C)C(=O)c1cc(S)ccc1Cl. The van der Waals surface area contributed by atoms with Crippen LogP contribution in [0.3, 0.4) is 0 Å². The van der Waals surface area contributed by atoms with Gasteiger partial charge in [0, 0.05) is 18.5 Å². The first kappa shape index (κ1) is 14.4. The Morgan fingerprint density at radius 3 is 2.71 bits per heavy atom. The van der Waals surface area contributed by atoms with Gasteiger partial charge in [0.15, 0.2) is 0 Å². The van der Waals surface area contributed by atoms with Crippen LogP contribution in [-0.2, 0) is 0 Å². The molecule has 0 radical (unpaired) electrons. The molecule has 0 fully saturated rings. The molecule has 0 N–H and O–H groups in total. The molecule has 1 aromatic carbocycles. The van der Waals surface area contributed by atoms with E-state index in [1.807, 2.05) is 0 Å². The molecule has 2 nitrogen and oxygen atoms in total. The van der Waals surface area contributed by atoms with Gasteiger partial charge in [-0.3, -0.25) is 4.79 Å². The first-order chi connectivity index (χ1) is 7.91. The first-order valence-corrected chi connectivity index (χ1v) is 6.48. The highest BCUT2D eigenvalue weighted by molar-refractivity contribution is 7.80. The molecular weight excluding hydrogens is 254 g/mol. The van der Waals surface area contributed by atoms with Gasteiger partial charge >= 0.3 is 0 Å². The van der Waals surface area contributed by atoms with Crippen LogP contribution in [0.5, 0.6) is 0 Å². The zero-order valence-electron chi connectivity index (χ0n) is 10.4. The lowest BCUT2D eigenvalue weighted by Gasteiger charge is -2.19. The van der Waals surface area contributed by atoms with Gasteiger partial charge in [-0.15, -0.1) is 12.6 Å². The van der Waals surface area contributed by atoms with E-state index in [0.717, 1.165) is 17.9 Å². The molecule has 0 aliphatic rings. The minimum Gasteiger partial charge on any atom is -0.342 e. The normalized spacial score (nSPS) is 10.7. The van der Waals surface area contributed by atoms with Crippen molar-refractivity contribution >= 4 is 30.1 Å². The Morgan fingerprint density at radius 1 is 1.47 bits per heavy atom. The average Bonchev–Trinajstić information content (AvgIpc) is 2.28. The molecule has 0 bridgehead atoms. The second-order valence-electron chi connectivity index (χ2n) is 4.57. The fourth-order valence-electron chi connectivity index (χ4n) is 1.44. The van der Waals surface area contributed by atoms with E-state index in [0.29, 0.717) is 16.5 Å². The van der Waals surface area contributed by atoms with Crippen molar-refractivity contribution in [3.63, 3.8) is 0 Å². The van der Waals surface area contributed by atoms with Gasteiger partial charge < -0.3 is 4.90 Å². The second-order valence-corrected chi connectivity index (χ2v) is 5.50. The maximum Gasteiger partial charge on any atom is 0.255 e. The van der Waals surface area contributed by atoms with Gasteiger partial charge in [0.2, 0.25) is 0 Å². The highest BCUT2D eigenvalue weighted by Crippen LogP contribution is 2.21. The van der Waals surface area contributed by atoms with E-state index >= 15 is 0 Å². The van der Waals surface area contributed by atoms with Crippen LogP contribution in [0.15, 0.2) is 23.1 Å². The number of hydrogen-bond donors (Lipinski definition) is 1. The largest absolute Gasteiger partial charge is 0.342 e. The smallest absolute Gasteiger partial charge is 0.255 e. The van der Waals surface area contributed by atoms with Gasteiger partial charge in [-0.2, -0.15) is 0 Å². The lowest BCUT2D eigenvalue weighted by Crippen LogP contribution is -2.28. The Hall–Kier alpha value is -0.670. The molecule has 0 unspecified atom stereocenters. The summed E-state index contributed by atoms with van der Waals surface area (Å²) in [6.45, 7) is 5.02. The standard InChI is InChI=1S/C13H18ClNOS/c1-9(2)6-7-15(3)13(16)11-8-10(17)4-5-12(11)14/h4-5,8-9,17H,6-7H2,1-3H3. The molecule has 0 atom stereocenters. The average molecular weight is 272 g/mol. The molecule has 0 spiro atoms. The van der Waals surface area contributed by atoms with E-state index in [1.54, 1.807) is 30.1 Å². The minimum atomic E-state index is -0.0495. The molecular formula is C13H18ClNOS. The van der Waals surface area contributed by atoms with Gasteiger partial charge in [0.25, 0.3) is 5.91 Å². The van der Waals surface area contributed by atoms with Crippen molar-refractivity contribution in [2.75, 3.05) is 13.6 Å². The van der Waals surface area contributed by atoms with Crippen LogP contribution in [0.4, 0.5) is 0 Å². The molecule has 94 valence electrons. The van der Waals surface area contributed by atoms with Crippen molar-refractivity contribution < 1.29 is 4.79 Å². The molecule has 1 rings (SSSR count). The van der Waals surface area contributed by atoms with Crippen LogP contribution in [0.25, 0.3) is 0 Å². The molecule has 0 aromatic heterocycles. The third kappa shape index (κ3) is 4.25. The zero-order valence-corrected chi connectivity index (χ0v) is 12.1. The Bertz CT molecular complexity index is 406. The lowest BCUT2D eigenvalue weighted by molar-refractivity contribution is 0.0789. The number of amides is 1. The van der Waals surface area contributed by atoms with Crippen LogP contribution in [-0.4, -0.2) is 24.4 Å². The second kappa shape index (κ2) is 6.31. The van der Waals surface area contributed by atoms with Gasteiger partial charge in [0.1, 0.15) is 0 Å². The maximum absolute atomic E-state index is 12.1. The van der Waals surface area contributed by atoms with Crippen molar-refractivity contribution in [1.82, 2.24) is 4.90 Å². The minimum absolute atomic E-state index is 0.0495. The summed E-state index contributed by atoms with van der Waals surface area (Å²) >= 11 is 10.2. The van der Waals surface area contributed by atoms with Crippen LogP contribution < -0.4 is 0 Å². The molecule has 17 heavy (non-hydrogen) atoms. The molecule has 1 amide bonds. The van der Waals surface area contributed by atoms with E-state index in [9.17, 15) is 4.79 Å². The summed E-state index contributed by atoms with van der Waals surface area (Å²) in [4.78, 5) is 14.6. The number of rotatable bonds is 4. The summed E-state index contributed by atoms with van der Waals surface area (Å²) in [5.74, 6) is 0.531. The predicted molar refractivity (Wildman–Crippen MR) is 75.1 cm³/mol. The number of carbonyl (C=O) groups excluding carboxylic acids is 1. The molecule has 0 aliphatic carbocycles. The van der Waals surface area contributed by atoms with Crippen LogP contribution >= 0.6 is 24.2 Å². The Balaban J connectivity index is 2.78. The summed E-state index contributed by atoms with van der Waals surface area (Å²) in [5.41, 5.74) is 0.519. The summed E-state index contributed by atoms with van der Waals surface area (Å²) in [5, 5.41) is 0.476. The Morgan fingerprint density at radius 2 is 2.12 bits per heavy atom. The van der Waals surface area contributed by atoms with Crippen LogP contribution in [0, 0.1) is 5.92 Å². The summed E-state index contributed by atoms with van der Waals surface area (Å²) in [7, 11) is 1.80. The van der Waals surface area contributed by atoms with Gasteiger partial charge in [-0.25, -0.2) is 0 Å². The van der Waals surface area contributed by atoms with E-state index in [2.05, 4.69) is 26.5 Å². The predicted octanol–water partition coefficient (Wildman–Crippen LogP) is 3.75. The molecule has 0 heterocycles. The van der Waals surface area contributed by atoms with Gasteiger partial charge in [-0.1, -0.05) is 25.4 Å². The fraction of sp³-hybridized carbons (Fsp3) is 0.462. The van der Waals surface area contributed by atoms with Crippen LogP contribution in [0.2, 0.25) is 5.02 Å². The van der Waals surface area contributed by atoms with Gasteiger partial charge in [-0.05, 0) is 30.5 Å². The van der Waals surface area contributed by atoms with Crippen LogP contribution in [0.1, 0.15) is 30.6 Å². The first-order valence-electron chi connectivity index (χ1n) is 5.65. The number of benzene rings is 1. The number of carbonyl (C=O) groups is 1. The Kier molecular flexibility index (Phi) is 5.34. The number of thiol groups is 1. The molecule has 0 saturated heterocycles. The molecule has 0 aliphatic heterocycles. The van der Waals surface area contributed by atoms with Crippen molar-refractivity contribution in [3.8, 4) is 0 Å². The van der Waals surface area contributed by atoms with E-state index in [-0.39, 0.29) is 5.91 Å². The highest BCUT2D eigenvalue weighted by Gasteiger charge is 2.15. The monoisotopic (exact) mass is 271 g/mol. The maximum atomic E-state index is 12.1. The fourth-order valence-corrected chi connectivity index (χ4v) is 1.84. The van der Waals surface area contributed by atoms with E-state index < -0.39 is 0 Å². The van der Waals surface area contributed by atoms with Crippen molar-refractivity contribution in [2.45, 2.75) is 25.2 Å². The van der Waals surface area contributed by atoms with E-state index in [1.165, 1.54) is 0 Å². The van der Waals surface area contributed by atoms with E-state index in [4.69, 9.17) is 11.6 Å². The summed E-state index contributed by atoms with van der Waals surface area (Å²) < 4.78 is 0. The quantitative estimate of drug-likeness (QED) is 0.827. The van der Waals surface area contributed by atoms with Crippen molar-refractivity contribution in [2.24, 2.45) is 5.92 Å². The van der Waals surface area contributed by atoms with Gasteiger partial charge in [0.05, 0.1) is 10.6 Å². The number of halogens is 1. The topological polar surface area (TPSA) is 20.3 Å². The highest BCUT2D eigenvalue weighted by atomic mass is 35.5. The molecule has 0 saturated carbocycles. The molecule has 4 heteroatoms. The zero-order chi connectivity index (χ0) is 13.0. The molecule has 1 aromatic rings. The van der Waals surface area contributed by atoms with Crippen molar-refractivity contribution in [1.29, 1.82) is 0 Å². The Labute approximate surface area is 113 Å². The third-order valence-corrected chi connectivity index (χ3v) is 3.18. The third-order valence-electron chi connectivity index (χ3n) is 2.57. The number of nitrogens with zero attached hydrogens (tertiary/aromatic N) is 1. The summed E-state index contributed by atoms with van der Waals surface area (Å²) in [6, 6.07) is 5.18. The van der Waals surface area contributed by atoms with Crippen molar-refractivity contribution in [3.05, 3.63) is 28.8 Å². The number of hydrogen-bond acceptors (Lipinski definition) is 2. The lowest BCUT2D eigenvalue weighted by atomic mass is 10.1.